The second kappa shape index (κ2) is 9.22. The van der Waals surface area contributed by atoms with E-state index in [1.807, 2.05) is 49.4 Å². The minimum Gasteiger partial charge on any atom is -0.493 e. The molecule has 0 saturated carbocycles. The number of hydrogen-bond donors (Lipinski definition) is 0. The van der Waals surface area contributed by atoms with Crippen LogP contribution in [0.2, 0.25) is 0 Å². The molecule has 1 aliphatic heterocycles. The number of rotatable bonds is 8. The van der Waals surface area contributed by atoms with Crippen molar-refractivity contribution in [2.24, 2.45) is 4.99 Å². The normalized spacial score (nSPS) is 14.8. The number of benzene rings is 2. The van der Waals surface area contributed by atoms with Gasteiger partial charge in [-0.3, -0.25) is 0 Å². The van der Waals surface area contributed by atoms with Crippen LogP contribution < -0.4 is 9.47 Å². The van der Waals surface area contributed by atoms with Gasteiger partial charge in [-0.05, 0) is 49.2 Å². The molecule has 2 aromatic rings. The molecule has 0 fully saturated rings. The van der Waals surface area contributed by atoms with E-state index >= 15 is 0 Å². The molecule has 5 nitrogen and oxygen atoms in total. The van der Waals surface area contributed by atoms with Crippen molar-refractivity contribution in [2.75, 3.05) is 13.7 Å². The smallest absolute Gasteiger partial charge is 0.363 e. The maximum Gasteiger partial charge on any atom is 0.363 e. The van der Waals surface area contributed by atoms with Gasteiger partial charge < -0.3 is 14.2 Å². The van der Waals surface area contributed by atoms with E-state index in [1.165, 1.54) is 0 Å². The Kier molecular flexibility index (Phi) is 6.48. The van der Waals surface area contributed by atoms with Crippen LogP contribution in [0.5, 0.6) is 11.5 Å². The number of nitrogens with zero attached hydrogens (tertiary/aromatic N) is 1. The molecule has 5 heteroatoms. The van der Waals surface area contributed by atoms with Crippen LogP contribution in [-0.2, 0) is 9.53 Å². The van der Waals surface area contributed by atoms with Crippen LogP contribution in [0.4, 0.5) is 0 Å². The molecule has 0 spiro atoms. The van der Waals surface area contributed by atoms with E-state index in [-0.39, 0.29) is 5.70 Å². The molecule has 0 amide bonds. The molecule has 0 aromatic heterocycles. The minimum atomic E-state index is -0.463. The van der Waals surface area contributed by atoms with Crippen LogP contribution in [0.1, 0.15) is 42.9 Å². The third-order valence-electron chi connectivity index (χ3n) is 4.38. The van der Waals surface area contributed by atoms with Crippen molar-refractivity contribution in [3.8, 4) is 11.5 Å². The second-order valence-corrected chi connectivity index (χ2v) is 6.67. The first kappa shape index (κ1) is 19.7. The second-order valence-electron chi connectivity index (χ2n) is 6.67. The third kappa shape index (κ3) is 4.80. The molecule has 0 radical (unpaired) electrons. The lowest BCUT2D eigenvalue weighted by molar-refractivity contribution is -0.129. The lowest BCUT2D eigenvalue weighted by atomic mass is 10.1. The summed E-state index contributed by atoms with van der Waals surface area (Å²) in [7, 11) is 1.60. The molecule has 0 N–H and O–H groups in total. The monoisotopic (exact) mass is 379 g/mol. The van der Waals surface area contributed by atoms with E-state index in [0.717, 1.165) is 36.0 Å². The molecule has 0 unspecified atom stereocenters. The number of methoxy groups -OCH3 is 1. The van der Waals surface area contributed by atoms with Gasteiger partial charge in [-0.15, -0.1) is 0 Å². The van der Waals surface area contributed by atoms with E-state index < -0.39 is 5.97 Å². The van der Waals surface area contributed by atoms with Crippen LogP contribution in [0.15, 0.2) is 53.2 Å². The van der Waals surface area contributed by atoms with Gasteiger partial charge in [0.2, 0.25) is 5.90 Å². The van der Waals surface area contributed by atoms with Crippen molar-refractivity contribution in [3.63, 3.8) is 0 Å². The minimum absolute atomic E-state index is 0.259. The quantitative estimate of drug-likeness (QED) is 0.371. The standard InChI is InChI=1S/C23H25NO4/c1-4-5-6-12-27-20-11-10-17(15-21(20)26-3)14-19-23(25)28-22(24-19)18-9-7-8-16(2)13-18/h7-11,13-15H,4-6,12H2,1-3H3/b19-14-. The fraction of sp³-hybridized carbons (Fsp3) is 0.304. The van der Waals surface area contributed by atoms with Crippen LogP contribution in [0.3, 0.4) is 0 Å². The molecule has 1 heterocycles. The van der Waals surface area contributed by atoms with Crippen molar-refractivity contribution in [3.05, 3.63) is 64.9 Å². The predicted molar refractivity (Wildman–Crippen MR) is 110 cm³/mol. The SMILES string of the molecule is CCCCCOc1ccc(/C=C2\N=C(c3cccc(C)c3)OC2=O)cc1OC. The lowest BCUT2D eigenvalue weighted by Crippen LogP contribution is -2.05. The van der Waals surface area contributed by atoms with Crippen molar-refractivity contribution in [2.45, 2.75) is 33.1 Å². The number of cyclic esters (lactones) is 1. The highest BCUT2D eigenvalue weighted by Gasteiger charge is 2.24. The molecular formula is C23H25NO4. The van der Waals surface area contributed by atoms with Gasteiger partial charge in [0.25, 0.3) is 0 Å². The van der Waals surface area contributed by atoms with Crippen LogP contribution in [0.25, 0.3) is 6.08 Å². The van der Waals surface area contributed by atoms with E-state index in [4.69, 9.17) is 14.2 Å². The molecule has 0 atom stereocenters. The third-order valence-corrected chi connectivity index (χ3v) is 4.38. The summed E-state index contributed by atoms with van der Waals surface area (Å²) in [5, 5.41) is 0. The van der Waals surface area contributed by atoms with Gasteiger partial charge in [-0.1, -0.05) is 43.5 Å². The van der Waals surface area contributed by atoms with Gasteiger partial charge in [0.1, 0.15) is 0 Å². The molecule has 1 aliphatic rings. The fourth-order valence-corrected chi connectivity index (χ4v) is 2.90. The maximum absolute atomic E-state index is 12.2. The van der Waals surface area contributed by atoms with Crippen molar-refractivity contribution in [1.82, 2.24) is 0 Å². The summed E-state index contributed by atoms with van der Waals surface area (Å²) in [5.41, 5.74) is 2.91. The summed E-state index contributed by atoms with van der Waals surface area (Å²) in [6.07, 6.45) is 4.98. The van der Waals surface area contributed by atoms with Crippen LogP contribution >= 0.6 is 0 Å². The topological polar surface area (TPSA) is 57.1 Å². The molecular weight excluding hydrogens is 354 g/mol. The lowest BCUT2D eigenvalue weighted by Gasteiger charge is -2.11. The van der Waals surface area contributed by atoms with E-state index in [0.29, 0.717) is 24.0 Å². The Labute approximate surface area is 165 Å². The fourth-order valence-electron chi connectivity index (χ4n) is 2.90. The highest BCUT2D eigenvalue weighted by molar-refractivity contribution is 6.12. The van der Waals surface area contributed by atoms with Crippen molar-refractivity contribution >= 4 is 17.9 Å². The van der Waals surface area contributed by atoms with Crippen LogP contribution in [-0.4, -0.2) is 25.6 Å². The molecule has 3 rings (SSSR count). The molecule has 0 saturated heterocycles. The average molecular weight is 379 g/mol. The molecule has 28 heavy (non-hydrogen) atoms. The summed E-state index contributed by atoms with van der Waals surface area (Å²) in [6.45, 7) is 4.79. The van der Waals surface area contributed by atoms with Gasteiger partial charge in [0.15, 0.2) is 17.2 Å². The van der Waals surface area contributed by atoms with Gasteiger partial charge in [-0.25, -0.2) is 9.79 Å². The first-order valence-corrected chi connectivity index (χ1v) is 9.51. The number of carbonyl (C=O) groups is 1. The van der Waals surface area contributed by atoms with E-state index in [1.54, 1.807) is 13.2 Å². The Bertz CT molecular complexity index is 915. The number of esters is 1. The first-order valence-electron chi connectivity index (χ1n) is 9.51. The Hall–Kier alpha value is -3.08. The Morgan fingerprint density at radius 1 is 1.11 bits per heavy atom. The summed E-state index contributed by atoms with van der Waals surface area (Å²) in [5.74, 6) is 1.18. The van der Waals surface area contributed by atoms with Gasteiger partial charge in [0.05, 0.1) is 13.7 Å². The number of ether oxygens (including phenoxy) is 3. The Morgan fingerprint density at radius 3 is 2.71 bits per heavy atom. The summed E-state index contributed by atoms with van der Waals surface area (Å²) in [6, 6.07) is 13.2. The zero-order valence-electron chi connectivity index (χ0n) is 16.5. The summed E-state index contributed by atoms with van der Waals surface area (Å²) >= 11 is 0. The zero-order chi connectivity index (χ0) is 19.9. The largest absolute Gasteiger partial charge is 0.493 e. The van der Waals surface area contributed by atoms with Gasteiger partial charge >= 0.3 is 5.97 Å². The molecule has 2 aromatic carbocycles. The van der Waals surface area contributed by atoms with Crippen molar-refractivity contribution in [1.29, 1.82) is 0 Å². The van der Waals surface area contributed by atoms with Gasteiger partial charge in [-0.2, -0.15) is 0 Å². The van der Waals surface area contributed by atoms with Gasteiger partial charge in [0, 0.05) is 5.56 Å². The number of carbonyl (C=O) groups excluding carboxylic acids is 1. The van der Waals surface area contributed by atoms with Crippen molar-refractivity contribution < 1.29 is 19.0 Å². The molecule has 0 bridgehead atoms. The predicted octanol–water partition coefficient (Wildman–Crippen LogP) is 4.92. The summed E-state index contributed by atoms with van der Waals surface area (Å²) < 4.78 is 16.6. The number of aliphatic imine (C=N–C) groups is 1. The highest BCUT2D eigenvalue weighted by atomic mass is 16.6. The Morgan fingerprint density at radius 2 is 1.96 bits per heavy atom. The highest BCUT2D eigenvalue weighted by Crippen LogP contribution is 2.30. The molecule has 0 aliphatic carbocycles. The average Bonchev–Trinajstić information content (AvgIpc) is 3.06. The number of hydrogen-bond acceptors (Lipinski definition) is 5. The number of aryl methyl sites for hydroxylation is 1. The Balaban J connectivity index is 1.79. The van der Waals surface area contributed by atoms with E-state index in [2.05, 4.69) is 11.9 Å². The van der Waals surface area contributed by atoms with E-state index in [9.17, 15) is 4.79 Å². The van der Waals surface area contributed by atoms with Crippen LogP contribution in [0, 0.1) is 6.92 Å². The first-order chi connectivity index (χ1) is 13.6. The molecule has 146 valence electrons. The maximum atomic E-state index is 12.2. The number of unbranched alkanes of at least 4 members (excludes halogenated alkanes) is 2. The summed E-state index contributed by atoms with van der Waals surface area (Å²) in [4.78, 5) is 16.6. The zero-order valence-corrected chi connectivity index (χ0v) is 16.5.